The first-order valence-electron chi connectivity index (χ1n) is 10.8. The summed E-state index contributed by atoms with van der Waals surface area (Å²) in [5.74, 6) is -0.250. The summed E-state index contributed by atoms with van der Waals surface area (Å²) in [6.45, 7) is 2.37. The molecule has 0 aliphatic carbocycles. The zero-order valence-electron chi connectivity index (χ0n) is 18.6. The zero-order chi connectivity index (χ0) is 24.0. The summed E-state index contributed by atoms with van der Waals surface area (Å²) in [4.78, 5) is 40.0. The van der Waals surface area contributed by atoms with Crippen molar-refractivity contribution in [3.05, 3.63) is 74.4 Å². The van der Waals surface area contributed by atoms with Crippen molar-refractivity contribution in [2.24, 2.45) is 0 Å². The Bertz CT molecular complexity index is 1520. The highest BCUT2D eigenvalue weighted by Crippen LogP contribution is 2.31. The second-order valence-corrected chi connectivity index (χ2v) is 9.05. The van der Waals surface area contributed by atoms with E-state index in [4.69, 9.17) is 4.74 Å². The Balaban J connectivity index is 1.72. The number of nitrogens with zero attached hydrogens (tertiary/aromatic N) is 4. The average Bonchev–Trinajstić information content (AvgIpc) is 3.55. The van der Waals surface area contributed by atoms with E-state index in [1.165, 1.54) is 41.2 Å². The molecule has 1 saturated heterocycles. The summed E-state index contributed by atoms with van der Waals surface area (Å²) in [5, 5.41) is 8.05. The predicted octanol–water partition coefficient (Wildman–Crippen LogP) is 2.17. The van der Waals surface area contributed by atoms with Crippen molar-refractivity contribution < 1.29 is 13.9 Å². The summed E-state index contributed by atoms with van der Waals surface area (Å²) < 4.78 is 23.4. The highest BCUT2D eigenvalue weighted by molar-refractivity contribution is 7.21. The van der Waals surface area contributed by atoms with Gasteiger partial charge in [0.2, 0.25) is 5.91 Å². The molecule has 1 aliphatic rings. The molecular formula is C23H22FN5O4S. The molecule has 4 aromatic rings. The number of carbonyl (C=O) groups excluding carboxylic acids is 1. The maximum atomic E-state index is 13.9. The molecule has 4 heterocycles. The lowest BCUT2D eigenvalue weighted by atomic mass is 10.1. The van der Waals surface area contributed by atoms with Gasteiger partial charge in [0.25, 0.3) is 5.56 Å². The van der Waals surface area contributed by atoms with E-state index in [-0.39, 0.29) is 12.5 Å². The first-order valence-corrected chi connectivity index (χ1v) is 11.6. The quantitative estimate of drug-likeness (QED) is 0.453. The highest BCUT2D eigenvalue weighted by atomic mass is 32.1. The predicted molar refractivity (Wildman–Crippen MR) is 126 cm³/mol. The van der Waals surface area contributed by atoms with E-state index in [1.54, 1.807) is 30.1 Å². The van der Waals surface area contributed by atoms with Crippen LogP contribution in [0.5, 0.6) is 5.75 Å². The van der Waals surface area contributed by atoms with Crippen LogP contribution in [0.15, 0.2) is 46.2 Å². The van der Waals surface area contributed by atoms with Crippen LogP contribution in [0, 0.1) is 12.7 Å². The van der Waals surface area contributed by atoms with Gasteiger partial charge in [-0.3, -0.25) is 14.2 Å². The Morgan fingerprint density at radius 1 is 1.29 bits per heavy atom. The fourth-order valence-corrected chi connectivity index (χ4v) is 5.70. The van der Waals surface area contributed by atoms with Crippen LogP contribution in [0.1, 0.15) is 23.6 Å². The number of hydrogen-bond donors (Lipinski definition) is 1. The molecule has 0 radical (unpaired) electrons. The number of rotatable bonds is 6. The number of fused-ring (bicyclic) bond motifs is 1. The summed E-state index contributed by atoms with van der Waals surface area (Å²) >= 11 is 1.28. The van der Waals surface area contributed by atoms with Crippen LogP contribution in [-0.2, 0) is 17.8 Å². The number of carbonyl (C=O) groups is 1. The lowest BCUT2D eigenvalue weighted by molar-refractivity contribution is -0.122. The van der Waals surface area contributed by atoms with Crippen LogP contribution < -0.4 is 21.3 Å². The largest absolute Gasteiger partial charge is 0.496 e. The number of nitrogens with one attached hydrogen (secondary N) is 1. The molecule has 34 heavy (non-hydrogen) atoms. The summed E-state index contributed by atoms with van der Waals surface area (Å²) in [6.07, 6.45) is 4.04. The van der Waals surface area contributed by atoms with Crippen LogP contribution in [0.25, 0.3) is 15.2 Å². The number of hydrogen-bond acceptors (Lipinski definition) is 6. The first-order chi connectivity index (χ1) is 16.4. The molecule has 3 aromatic heterocycles. The van der Waals surface area contributed by atoms with Crippen molar-refractivity contribution in [3.8, 4) is 10.8 Å². The molecular weight excluding hydrogens is 461 g/mol. The Morgan fingerprint density at radius 3 is 2.79 bits per heavy atom. The van der Waals surface area contributed by atoms with Gasteiger partial charge >= 0.3 is 5.69 Å². The Kier molecular flexibility index (Phi) is 5.56. The van der Waals surface area contributed by atoms with Crippen molar-refractivity contribution in [3.63, 3.8) is 0 Å². The number of ether oxygens (including phenoxy) is 1. The van der Waals surface area contributed by atoms with E-state index in [9.17, 15) is 18.8 Å². The molecule has 1 fully saturated rings. The summed E-state index contributed by atoms with van der Waals surface area (Å²) in [6, 6.07) is 5.12. The first kappa shape index (κ1) is 22.1. The fraction of sp³-hybridized carbons (Fsp3) is 0.304. The smallest absolute Gasteiger partial charge is 0.332 e. The third-order valence-electron chi connectivity index (χ3n) is 6.11. The molecule has 0 saturated carbocycles. The van der Waals surface area contributed by atoms with Crippen molar-refractivity contribution >= 4 is 27.5 Å². The minimum atomic E-state index is -0.869. The van der Waals surface area contributed by atoms with Gasteiger partial charge in [-0.25, -0.2) is 18.4 Å². The molecule has 9 nitrogen and oxygen atoms in total. The van der Waals surface area contributed by atoms with Crippen LogP contribution in [0.4, 0.5) is 4.39 Å². The van der Waals surface area contributed by atoms with Gasteiger partial charge in [0, 0.05) is 31.0 Å². The Labute approximate surface area is 197 Å². The number of aryl methyl sites for hydroxylation is 3. The van der Waals surface area contributed by atoms with Crippen LogP contribution in [0.2, 0.25) is 0 Å². The van der Waals surface area contributed by atoms with Crippen molar-refractivity contribution in [1.29, 1.82) is 0 Å². The topological polar surface area (TPSA) is 100 Å². The second-order valence-electron chi connectivity index (χ2n) is 8.07. The molecule has 1 atom stereocenters. The van der Waals surface area contributed by atoms with E-state index >= 15 is 0 Å². The number of benzene rings is 1. The number of methoxy groups -OCH3 is 1. The van der Waals surface area contributed by atoms with E-state index in [1.807, 2.05) is 0 Å². The standard InChI is InChI=1S/C23H22FN5O4S/c1-13-18-20(31)29(16-6-9-25-19(16)30)23(32)27(22(18)34-21(13)28-10-3-8-26-28)11-7-14-12-15(24)4-5-17(14)33-2/h3-5,8,10,12,16H,6-7,9,11H2,1-2H3,(H,25,30). The maximum absolute atomic E-state index is 13.9. The van der Waals surface area contributed by atoms with Gasteiger partial charge < -0.3 is 10.1 Å². The molecule has 0 bridgehead atoms. The molecule has 1 aromatic carbocycles. The Hall–Kier alpha value is -3.73. The molecule has 1 N–H and O–H groups in total. The monoisotopic (exact) mass is 483 g/mol. The van der Waals surface area contributed by atoms with Gasteiger partial charge in [0.05, 0.1) is 12.5 Å². The van der Waals surface area contributed by atoms with Gasteiger partial charge in [-0.2, -0.15) is 5.10 Å². The zero-order valence-corrected chi connectivity index (χ0v) is 19.4. The molecule has 176 valence electrons. The summed E-state index contributed by atoms with van der Waals surface area (Å²) in [7, 11) is 1.50. The van der Waals surface area contributed by atoms with Crippen LogP contribution >= 0.6 is 11.3 Å². The van der Waals surface area contributed by atoms with Crippen molar-refractivity contribution in [1.82, 2.24) is 24.2 Å². The third-order valence-corrected chi connectivity index (χ3v) is 7.41. The SMILES string of the molecule is COc1ccc(F)cc1CCn1c(=O)n(C2CCNC2=O)c(=O)c2c(C)c(-n3cccn3)sc21. The molecule has 1 amide bonds. The molecule has 0 spiro atoms. The normalized spacial score (nSPS) is 15.7. The van der Waals surface area contributed by atoms with Gasteiger partial charge in [-0.05, 0) is 49.6 Å². The number of aromatic nitrogens is 4. The highest BCUT2D eigenvalue weighted by Gasteiger charge is 2.31. The fourth-order valence-electron chi connectivity index (χ4n) is 4.43. The van der Waals surface area contributed by atoms with Gasteiger partial charge in [0.15, 0.2) is 0 Å². The van der Waals surface area contributed by atoms with E-state index in [2.05, 4.69) is 10.4 Å². The molecule has 11 heteroatoms. The lowest BCUT2D eigenvalue weighted by Crippen LogP contribution is -2.44. The Morgan fingerprint density at radius 2 is 2.12 bits per heavy atom. The van der Waals surface area contributed by atoms with Crippen molar-refractivity contribution in [2.45, 2.75) is 32.4 Å². The second kappa shape index (κ2) is 8.56. The minimum absolute atomic E-state index is 0.169. The lowest BCUT2D eigenvalue weighted by Gasteiger charge is -2.16. The van der Waals surface area contributed by atoms with E-state index in [0.717, 1.165) is 4.57 Å². The number of thiophene rings is 1. The summed E-state index contributed by atoms with van der Waals surface area (Å²) in [5.41, 5.74) is 0.217. The maximum Gasteiger partial charge on any atom is 0.332 e. The number of halogens is 1. The third kappa shape index (κ3) is 3.52. The average molecular weight is 484 g/mol. The van der Waals surface area contributed by atoms with Gasteiger partial charge in [-0.15, -0.1) is 0 Å². The van der Waals surface area contributed by atoms with Gasteiger partial charge in [0.1, 0.15) is 27.4 Å². The van der Waals surface area contributed by atoms with Crippen molar-refractivity contribution in [2.75, 3.05) is 13.7 Å². The molecule has 1 unspecified atom stereocenters. The minimum Gasteiger partial charge on any atom is -0.496 e. The number of amides is 1. The van der Waals surface area contributed by atoms with Crippen LogP contribution in [-0.4, -0.2) is 38.5 Å². The van der Waals surface area contributed by atoms with Gasteiger partial charge in [-0.1, -0.05) is 11.3 Å². The molecule has 1 aliphatic heterocycles. The van der Waals surface area contributed by atoms with E-state index in [0.29, 0.717) is 51.5 Å². The van der Waals surface area contributed by atoms with E-state index < -0.39 is 23.1 Å². The molecule has 5 rings (SSSR count). The van der Waals surface area contributed by atoms with Crippen LogP contribution in [0.3, 0.4) is 0 Å².